The van der Waals surface area contributed by atoms with Crippen LogP contribution in [0.4, 0.5) is 26.3 Å². The second-order valence-corrected chi connectivity index (χ2v) is 13.9. The van der Waals surface area contributed by atoms with Crippen molar-refractivity contribution in [1.29, 1.82) is 0 Å². The molecular weight excluding hydrogens is 682 g/mol. The molecule has 0 N–H and O–H groups in total. The lowest BCUT2D eigenvalue weighted by Crippen LogP contribution is -2.58. The molecule has 3 aromatic rings. The standard InChI is InChI=1S/C37H39ClF6N4O2/c38-30-8-4-7-26(22-30)34(49)47-12-9-31(10-13-47)45-15-17-46(18-16-45)32-11-14-48(33(24-32)19-25-5-2-1-3-6-25)35(50)27-20-28(36(39,40)41)23-29(21-27)37(42,43)44/h1-8,20-23,31-33H,9-19,24H2. The fraction of sp³-hybridized carbons (Fsp3) is 0.459. The van der Waals surface area contributed by atoms with E-state index in [1.165, 1.54) is 4.90 Å². The summed E-state index contributed by atoms with van der Waals surface area (Å²) in [4.78, 5) is 35.0. The first-order chi connectivity index (χ1) is 23.8. The van der Waals surface area contributed by atoms with Crippen LogP contribution in [0.5, 0.6) is 0 Å². The lowest BCUT2D eigenvalue weighted by molar-refractivity contribution is -0.143. The van der Waals surface area contributed by atoms with Crippen LogP contribution in [0.3, 0.4) is 0 Å². The van der Waals surface area contributed by atoms with Gasteiger partial charge in [-0.1, -0.05) is 48.0 Å². The fourth-order valence-corrected chi connectivity index (χ4v) is 7.85. The zero-order chi connectivity index (χ0) is 35.6. The lowest BCUT2D eigenvalue weighted by atomic mass is 9.90. The summed E-state index contributed by atoms with van der Waals surface area (Å²) in [6.45, 7) is 4.86. The molecule has 13 heteroatoms. The third-order valence-electron chi connectivity index (χ3n) is 10.3. The van der Waals surface area contributed by atoms with Crippen LogP contribution in [0, 0.1) is 0 Å². The number of amides is 2. The Morgan fingerprint density at radius 3 is 1.80 bits per heavy atom. The van der Waals surface area contributed by atoms with Crippen LogP contribution in [-0.2, 0) is 18.8 Å². The van der Waals surface area contributed by atoms with E-state index >= 15 is 0 Å². The number of carbonyl (C=O) groups is 2. The number of hydrogen-bond acceptors (Lipinski definition) is 4. The maximum atomic E-state index is 13.8. The zero-order valence-corrected chi connectivity index (χ0v) is 28.2. The Balaban J connectivity index is 1.10. The molecule has 3 aliphatic rings. The van der Waals surface area contributed by atoms with Crippen LogP contribution in [0.2, 0.25) is 5.02 Å². The highest BCUT2D eigenvalue weighted by Gasteiger charge is 2.40. The number of piperidine rings is 2. The topological polar surface area (TPSA) is 47.1 Å². The third-order valence-corrected chi connectivity index (χ3v) is 10.5. The van der Waals surface area contributed by atoms with Crippen molar-refractivity contribution in [2.75, 3.05) is 45.8 Å². The largest absolute Gasteiger partial charge is 0.416 e. The smallest absolute Gasteiger partial charge is 0.339 e. The molecule has 0 aliphatic carbocycles. The first-order valence-electron chi connectivity index (χ1n) is 16.9. The summed E-state index contributed by atoms with van der Waals surface area (Å²) < 4.78 is 81.7. The summed E-state index contributed by atoms with van der Waals surface area (Å²) in [5.41, 5.74) is -2.09. The van der Waals surface area contributed by atoms with Gasteiger partial charge in [0.2, 0.25) is 0 Å². The normalized spacial score (nSPS) is 21.7. The van der Waals surface area contributed by atoms with Gasteiger partial charge < -0.3 is 9.80 Å². The van der Waals surface area contributed by atoms with E-state index in [4.69, 9.17) is 11.6 Å². The van der Waals surface area contributed by atoms with Gasteiger partial charge in [0.1, 0.15) is 0 Å². The summed E-state index contributed by atoms with van der Waals surface area (Å²) in [5.74, 6) is -0.842. The van der Waals surface area contributed by atoms with E-state index < -0.39 is 41.0 Å². The molecule has 268 valence electrons. The summed E-state index contributed by atoms with van der Waals surface area (Å²) >= 11 is 6.08. The Morgan fingerprint density at radius 2 is 1.22 bits per heavy atom. The minimum absolute atomic E-state index is 0.0144. The molecule has 0 radical (unpaired) electrons. The maximum absolute atomic E-state index is 13.8. The van der Waals surface area contributed by atoms with Gasteiger partial charge in [-0.15, -0.1) is 0 Å². The van der Waals surface area contributed by atoms with Crippen molar-refractivity contribution in [3.05, 3.63) is 106 Å². The van der Waals surface area contributed by atoms with Crippen LogP contribution >= 0.6 is 11.6 Å². The van der Waals surface area contributed by atoms with Crippen molar-refractivity contribution in [1.82, 2.24) is 19.6 Å². The van der Waals surface area contributed by atoms with E-state index in [-0.39, 0.29) is 24.6 Å². The van der Waals surface area contributed by atoms with Gasteiger partial charge in [-0.2, -0.15) is 26.3 Å². The fourth-order valence-electron chi connectivity index (χ4n) is 7.66. The van der Waals surface area contributed by atoms with Gasteiger partial charge in [0.25, 0.3) is 11.8 Å². The Bertz CT molecular complexity index is 1620. The van der Waals surface area contributed by atoms with Gasteiger partial charge >= 0.3 is 12.4 Å². The van der Waals surface area contributed by atoms with Crippen molar-refractivity contribution < 1.29 is 35.9 Å². The second-order valence-electron chi connectivity index (χ2n) is 13.4. The highest BCUT2D eigenvalue weighted by atomic mass is 35.5. The van der Waals surface area contributed by atoms with Crippen molar-refractivity contribution in [3.8, 4) is 0 Å². The minimum atomic E-state index is -5.04. The number of benzene rings is 3. The van der Waals surface area contributed by atoms with E-state index in [2.05, 4.69) is 9.80 Å². The Hall–Kier alpha value is -3.61. The van der Waals surface area contributed by atoms with Gasteiger partial charge in [0.05, 0.1) is 11.1 Å². The predicted molar refractivity (Wildman–Crippen MR) is 178 cm³/mol. The zero-order valence-electron chi connectivity index (χ0n) is 27.4. The number of piperazine rings is 1. The quantitative estimate of drug-likeness (QED) is 0.248. The predicted octanol–water partition coefficient (Wildman–Crippen LogP) is 7.52. The molecule has 2 atom stereocenters. The molecule has 0 saturated carbocycles. The monoisotopic (exact) mass is 720 g/mol. The molecule has 6 nitrogen and oxygen atoms in total. The molecule has 3 aromatic carbocycles. The van der Waals surface area contributed by atoms with Crippen LogP contribution < -0.4 is 0 Å². The molecule has 3 fully saturated rings. The molecule has 0 bridgehead atoms. The summed E-state index contributed by atoms with van der Waals surface area (Å²) in [5, 5.41) is 0.530. The highest BCUT2D eigenvalue weighted by molar-refractivity contribution is 6.30. The molecule has 3 aliphatic heterocycles. The van der Waals surface area contributed by atoms with Gasteiger partial charge in [0, 0.05) is 80.1 Å². The molecule has 6 rings (SSSR count). The summed E-state index contributed by atoms with van der Waals surface area (Å²) in [6.07, 6.45) is -6.79. The van der Waals surface area contributed by atoms with E-state index in [0.717, 1.165) is 44.6 Å². The van der Waals surface area contributed by atoms with E-state index in [9.17, 15) is 35.9 Å². The number of likely N-dealkylation sites (tertiary alicyclic amines) is 2. The molecule has 3 saturated heterocycles. The van der Waals surface area contributed by atoms with Crippen molar-refractivity contribution in [3.63, 3.8) is 0 Å². The van der Waals surface area contributed by atoms with Gasteiger partial charge in [0.15, 0.2) is 0 Å². The SMILES string of the molecule is O=C(c1cccc(Cl)c1)N1CCC(N2CCN(C3CCN(C(=O)c4cc(C(F)(F)F)cc(C(F)(F)F)c4)C(Cc4ccccc4)C3)CC2)CC1. The lowest BCUT2D eigenvalue weighted by Gasteiger charge is -2.48. The van der Waals surface area contributed by atoms with Crippen molar-refractivity contribution in [2.24, 2.45) is 0 Å². The maximum Gasteiger partial charge on any atom is 0.416 e. The second kappa shape index (κ2) is 14.9. The summed E-state index contributed by atoms with van der Waals surface area (Å²) in [6, 6.07) is 17.6. The number of hydrogen-bond donors (Lipinski definition) is 0. The average molecular weight is 721 g/mol. The molecule has 3 heterocycles. The minimum Gasteiger partial charge on any atom is -0.339 e. The Labute approximate surface area is 292 Å². The van der Waals surface area contributed by atoms with E-state index in [1.54, 1.807) is 24.3 Å². The molecule has 0 aromatic heterocycles. The van der Waals surface area contributed by atoms with Crippen LogP contribution in [0.1, 0.15) is 63.1 Å². The van der Waals surface area contributed by atoms with Crippen LogP contribution in [0.25, 0.3) is 0 Å². The van der Waals surface area contributed by atoms with E-state index in [1.807, 2.05) is 35.2 Å². The number of nitrogens with zero attached hydrogens (tertiary/aromatic N) is 4. The molecule has 0 spiro atoms. The number of halogens is 7. The molecule has 2 amide bonds. The van der Waals surface area contributed by atoms with Gasteiger partial charge in [-0.3, -0.25) is 19.4 Å². The van der Waals surface area contributed by atoms with Gasteiger partial charge in [-0.05, 0) is 74.1 Å². The first-order valence-corrected chi connectivity index (χ1v) is 17.3. The Morgan fingerprint density at radius 1 is 0.640 bits per heavy atom. The number of rotatable bonds is 6. The van der Waals surface area contributed by atoms with Gasteiger partial charge in [-0.25, -0.2) is 0 Å². The Kier molecular flexibility index (Phi) is 10.8. The number of carbonyl (C=O) groups excluding carboxylic acids is 2. The number of alkyl halides is 6. The highest BCUT2D eigenvalue weighted by Crippen LogP contribution is 2.37. The van der Waals surface area contributed by atoms with Crippen LogP contribution in [-0.4, -0.2) is 95.4 Å². The van der Waals surface area contributed by atoms with Crippen molar-refractivity contribution >= 4 is 23.4 Å². The first kappa shape index (κ1) is 36.2. The van der Waals surface area contributed by atoms with Crippen molar-refractivity contribution in [2.45, 2.75) is 62.6 Å². The van der Waals surface area contributed by atoms with E-state index in [0.29, 0.717) is 61.1 Å². The molecule has 50 heavy (non-hydrogen) atoms. The van der Waals surface area contributed by atoms with Crippen LogP contribution in [0.15, 0.2) is 72.8 Å². The molecule has 2 unspecified atom stereocenters. The third kappa shape index (κ3) is 8.46. The average Bonchev–Trinajstić information content (AvgIpc) is 3.11. The summed E-state index contributed by atoms with van der Waals surface area (Å²) in [7, 11) is 0. The molecular formula is C37H39ClF6N4O2.